The Kier molecular flexibility index (Phi) is 10.7. The molecule has 3 aromatic rings. The molecule has 3 aliphatic rings. The van der Waals surface area contributed by atoms with Crippen LogP contribution in [0.25, 0.3) is 0 Å². The van der Waals surface area contributed by atoms with Gasteiger partial charge in [-0.2, -0.15) is 26.3 Å². The monoisotopic (exact) mass is 692 g/mol. The van der Waals surface area contributed by atoms with Crippen molar-refractivity contribution in [2.24, 2.45) is 0 Å². The second kappa shape index (κ2) is 14.8. The third kappa shape index (κ3) is 8.33. The number of likely N-dealkylation sites (tertiary alicyclic amines) is 2. The second-order valence-corrected chi connectivity index (χ2v) is 13.4. The Morgan fingerprint density at radius 3 is 2.08 bits per heavy atom. The van der Waals surface area contributed by atoms with Crippen molar-refractivity contribution in [1.29, 1.82) is 0 Å². The normalized spacial score (nSPS) is 24.2. The number of piperidine rings is 2. The number of carbonyl (C=O) groups is 1. The molecule has 0 radical (unpaired) electrons. The minimum absolute atomic E-state index is 0.0165. The summed E-state index contributed by atoms with van der Waals surface area (Å²) >= 11 is 0. The van der Waals surface area contributed by atoms with Crippen molar-refractivity contribution in [2.75, 3.05) is 52.4 Å². The van der Waals surface area contributed by atoms with Gasteiger partial charge >= 0.3 is 12.4 Å². The first-order valence-electron chi connectivity index (χ1n) is 16.9. The fourth-order valence-corrected chi connectivity index (χ4v) is 7.88. The number of carbonyl (C=O) groups excluding carboxylic acids is 1. The van der Waals surface area contributed by atoms with Crippen LogP contribution >= 0.6 is 0 Å². The Morgan fingerprint density at radius 1 is 0.837 bits per heavy atom. The molecule has 2 aromatic carbocycles. The molecule has 0 aliphatic carbocycles. The topological polar surface area (TPSA) is 63.4 Å². The molecule has 6 rings (SSSR count). The molecule has 49 heavy (non-hydrogen) atoms. The van der Waals surface area contributed by atoms with Gasteiger partial charge in [-0.1, -0.05) is 30.3 Å². The summed E-state index contributed by atoms with van der Waals surface area (Å²) in [5, 5.41) is 10.1. The number of hydrogen-bond donors (Lipinski definition) is 1. The lowest BCUT2D eigenvalue weighted by Crippen LogP contribution is -2.59. The van der Waals surface area contributed by atoms with Crippen LogP contribution in [-0.2, 0) is 18.8 Å². The van der Waals surface area contributed by atoms with E-state index >= 15 is 0 Å². The Labute approximate surface area is 282 Å². The second-order valence-electron chi connectivity index (χ2n) is 13.4. The Bertz CT molecular complexity index is 1490. The van der Waals surface area contributed by atoms with Gasteiger partial charge in [-0.15, -0.1) is 0 Å². The van der Waals surface area contributed by atoms with Gasteiger partial charge in [0, 0.05) is 68.5 Å². The minimum atomic E-state index is -5.04. The molecule has 3 aliphatic heterocycles. The van der Waals surface area contributed by atoms with Crippen molar-refractivity contribution in [2.45, 2.75) is 68.6 Å². The molecule has 0 saturated carbocycles. The lowest BCUT2D eigenvalue weighted by Gasteiger charge is -2.48. The van der Waals surface area contributed by atoms with Crippen LogP contribution < -0.4 is 0 Å². The first kappa shape index (κ1) is 35.4. The number of piperazine rings is 1. The highest BCUT2D eigenvalue weighted by Crippen LogP contribution is 2.37. The van der Waals surface area contributed by atoms with Gasteiger partial charge in [-0.3, -0.25) is 19.5 Å². The van der Waals surface area contributed by atoms with Crippen molar-refractivity contribution in [3.8, 4) is 0 Å². The maximum atomic E-state index is 13.8. The number of rotatable bonds is 8. The molecular formula is C36H42F6N4O3. The van der Waals surface area contributed by atoms with Crippen molar-refractivity contribution in [3.05, 3.63) is 94.9 Å². The van der Waals surface area contributed by atoms with Gasteiger partial charge < -0.3 is 14.4 Å². The predicted molar refractivity (Wildman–Crippen MR) is 171 cm³/mol. The average Bonchev–Trinajstić information content (AvgIpc) is 3.63. The van der Waals surface area contributed by atoms with E-state index in [4.69, 9.17) is 4.42 Å². The van der Waals surface area contributed by atoms with Crippen LogP contribution in [0.4, 0.5) is 26.3 Å². The van der Waals surface area contributed by atoms with E-state index in [0.717, 1.165) is 63.2 Å². The largest absolute Gasteiger partial charge is 0.472 e. The summed E-state index contributed by atoms with van der Waals surface area (Å²) in [4.78, 5) is 22.5. The maximum absolute atomic E-state index is 13.8. The van der Waals surface area contributed by atoms with Gasteiger partial charge in [0.15, 0.2) is 0 Å². The molecule has 13 heteroatoms. The van der Waals surface area contributed by atoms with E-state index in [-0.39, 0.29) is 31.3 Å². The number of nitrogens with zero attached hydrogens (tertiary/aromatic N) is 4. The third-order valence-corrected chi connectivity index (χ3v) is 10.4. The van der Waals surface area contributed by atoms with Gasteiger partial charge in [-0.05, 0) is 68.5 Å². The Balaban J connectivity index is 1.14. The number of aliphatic hydroxyl groups is 1. The van der Waals surface area contributed by atoms with Crippen molar-refractivity contribution in [1.82, 2.24) is 19.6 Å². The number of aliphatic hydroxyl groups excluding tert-OH is 1. The zero-order chi connectivity index (χ0) is 34.8. The van der Waals surface area contributed by atoms with Crippen molar-refractivity contribution >= 4 is 5.91 Å². The van der Waals surface area contributed by atoms with E-state index in [1.54, 1.807) is 12.5 Å². The van der Waals surface area contributed by atoms with Crippen LogP contribution in [0.2, 0.25) is 0 Å². The van der Waals surface area contributed by atoms with Gasteiger partial charge in [0.05, 0.1) is 36.3 Å². The van der Waals surface area contributed by atoms with Crippen LogP contribution in [0.5, 0.6) is 0 Å². The van der Waals surface area contributed by atoms with Gasteiger partial charge in [0.2, 0.25) is 0 Å². The van der Waals surface area contributed by atoms with Crippen LogP contribution in [0.1, 0.15) is 64.3 Å². The maximum Gasteiger partial charge on any atom is 0.416 e. The lowest BCUT2D eigenvalue weighted by molar-refractivity contribution is -0.143. The molecule has 4 heterocycles. The van der Waals surface area contributed by atoms with Crippen molar-refractivity contribution in [3.63, 3.8) is 0 Å². The zero-order valence-electron chi connectivity index (χ0n) is 27.2. The molecule has 1 aromatic heterocycles. The molecule has 0 bridgehead atoms. The third-order valence-electron chi connectivity index (χ3n) is 10.4. The molecule has 1 N–H and O–H groups in total. The Hall–Kier alpha value is -3.39. The summed E-state index contributed by atoms with van der Waals surface area (Å²) in [6.45, 7) is 5.37. The van der Waals surface area contributed by atoms with E-state index in [1.165, 1.54) is 4.90 Å². The molecular weight excluding hydrogens is 650 g/mol. The molecule has 7 nitrogen and oxygen atoms in total. The standard InChI is InChI=1S/C36H42F6N4O3/c37-35(38,39)28-18-27(19-29(20-28)36(40,41)42)34(48)46-11-8-30(21-32(46)17-25-5-2-1-3-6-25)43-12-14-44(15-13-43)31-7-4-10-45(22-31)33(23-47)26-9-16-49-24-26/h1-3,5-6,9,16,18-20,24,30-33,47H,4,7-8,10-15,17,21-23H2/t30-,31?,32+,33?/m0/s1. The number of benzene rings is 2. The average molecular weight is 693 g/mol. The molecule has 266 valence electrons. The summed E-state index contributed by atoms with van der Waals surface area (Å²) < 4.78 is 87.0. The molecule has 1 amide bonds. The number of amides is 1. The number of halogens is 6. The van der Waals surface area contributed by atoms with E-state index in [0.29, 0.717) is 37.4 Å². The number of furan rings is 1. The SMILES string of the molecule is O=C(c1cc(C(F)(F)F)cc(C(F)(F)F)c1)N1CC[C@H](N2CCN(C3CCCN(C(CO)c4ccoc4)C3)CC2)C[C@H]1Cc1ccccc1. The van der Waals surface area contributed by atoms with E-state index in [9.17, 15) is 36.2 Å². The zero-order valence-corrected chi connectivity index (χ0v) is 27.2. The fourth-order valence-electron chi connectivity index (χ4n) is 7.88. The lowest BCUT2D eigenvalue weighted by atomic mass is 9.90. The van der Waals surface area contributed by atoms with Crippen molar-refractivity contribution < 1.29 is 40.7 Å². The predicted octanol–water partition coefficient (Wildman–Crippen LogP) is 6.35. The highest BCUT2D eigenvalue weighted by atomic mass is 19.4. The van der Waals surface area contributed by atoms with Gasteiger partial charge in [-0.25, -0.2) is 0 Å². The molecule has 3 saturated heterocycles. The summed E-state index contributed by atoms with van der Waals surface area (Å²) in [6.07, 6.45) is -3.08. The number of alkyl halides is 6. The fraction of sp³-hybridized carbons (Fsp3) is 0.528. The first-order chi connectivity index (χ1) is 23.4. The highest BCUT2D eigenvalue weighted by Gasteiger charge is 2.41. The Morgan fingerprint density at radius 2 is 1.49 bits per heavy atom. The molecule has 4 atom stereocenters. The van der Waals surface area contributed by atoms with E-state index < -0.39 is 41.0 Å². The molecule has 0 spiro atoms. The van der Waals surface area contributed by atoms with Gasteiger partial charge in [0.25, 0.3) is 5.91 Å². The van der Waals surface area contributed by atoms with E-state index in [2.05, 4.69) is 14.7 Å². The van der Waals surface area contributed by atoms with E-state index in [1.807, 2.05) is 36.4 Å². The summed E-state index contributed by atoms with van der Waals surface area (Å²) in [5.74, 6) is -0.820. The highest BCUT2D eigenvalue weighted by molar-refractivity contribution is 5.95. The van der Waals surface area contributed by atoms with Crippen LogP contribution in [0.15, 0.2) is 71.5 Å². The summed E-state index contributed by atoms with van der Waals surface area (Å²) in [6, 6.07) is 12.4. The smallest absolute Gasteiger partial charge is 0.416 e. The van der Waals surface area contributed by atoms with Gasteiger partial charge in [0.1, 0.15) is 0 Å². The molecule has 3 fully saturated rings. The summed E-state index contributed by atoms with van der Waals surface area (Å²) in [7, 11) is 0. The quantitative estimate of drug-likeness (QED) is 0.278. The molecule has 2 unspecified atom stereocenters. The van der Waals surface area contributed by atoms with Crippen LogP contribution in [-0.4, -0.2) is 101 Å². The first-order valence-corrected chi connectivity index (χ1v) is 16.9. The number of hydrogen-bond acceptors (Lipinski definition) is 6. The van der Waals surface area contributed by atoms with Crippen LogP contribution in [0.3, 0.4) is 0 Å². The van der Waals surface area contributed by atoms with Crippen LogP contribution in [0, 0.1) is 0 Å². The summed E-state index contributed by atoms with van der Waals surface area (Å²) in [5.41, 5.74) is -1.68. The minimum Gasteiger partial charge on any atom is -0.472 e.